The van der Waals surface area contributed by atoms with Crippen LogP contribution in [-0.4, -0.2) is 43.0 Å². The number of aryl methyl sites for hydroxylation is 1. The Bertz CT molecular complexity index is 608. The Morgan fingerprint density at radius 3 is 2.70 bits per heavy atom. The Morgan fingerprint density at radius 1 is 1.26 bits per heavy atom. The molecule has 0 saturated carbocycles. The number of para-hydroxylation sites is 1. The fourth-order valence-corrected chi connectivity index (χ4v) is 2.86. The quantitative estimate of drug-likeness (QED) is 0.465. The van der Waals surface area contributed by atoms with Crippen molar-refractivity contribution in [3.05, 3.63) is 46.4 Å². The zero-order valence-corrected chi connectivity index (χ0v) is 14.9. The lowest BCUT2D eigenvalue weighted by Crippen LogP contribution is -2.39. The highest BCUT2D eigenvalue weighted by Crippen LogP contribution is 2.09. The van der Waals surface area contributed by atoms with E-state index >= 15 is 0 Å². The molecule has 0 aliphatic carbocycles. The summed E-state index contributed by atoms with van der Waals surface area (Å²) in [6.07, 6.45) is 1.03. The van der Waals surface area contributed by atoms with Gasteiger partial charge in [0.05, 0.1) is 17.2 Å². The van der Waals surface area contributed by atoms with Crippen molar-refractivity contribution in [3.63, 3.8) is 0 Å². The number of hydrogen-bond acceptors (Lipinski definition) is 4. The van der Waals surface area contributed by atoms with E-state index in [4.69, 9.17) is 0 Å². The molecule has 124 valence electrons. The van der Waals surface area contributed by atoms with Crippen LogP contribution in [0.5, 0.6) is 0 Å². The van der Waals surface area contributed by atoms with Crippen LogP contribution in [-0.2, 0) is 6.54 Å². The molecule has 1 heterocycles. The summed E-state index contributed by atoms with van der Waals surface area (Å²) in [6.45, 7) is 4.61. The van der Waals surface area contributed by atoms with Crippen molar-refractivity contribution >= 4 is 23.0 Å². The Morgan fingerprint density at radius 2 is 2.04 bits per heavy atom. The average molecular weight is 331 g/mol. The third-order valence-electron chi connectivity index (χ3n) is 3.38. The second-order valence-electron chi connectivity index (χ2n) is 5.33. The zero-order chi connectivity index (χ0) is 16.5. The third kappa shape index (κ3) is 5.90. The maximum atomic E-state index is 4.49. The number of nitrogens with one attached hydrogen (secondary N) is 2. The number of anilines is 1. The van der Waals surface area contributed by atoms with Crippen LogP contribution >= 0.6 is 11.3 Å². The number of nitrogens with zero attached hydrogens (tertiary/aromatic N) is 3. The van der Waals surface area contributed by atoms with Crippen LogP contribution in [0, 0.1) is 6.92 Å². The van der Waals surface area contributed by atoms with Gasteiger partial charge < -0.3 is 15.5 Å². The molecular formula is C17H25N5S. The summed E-state index contributed by atoms with van der Waals surface area (Å²) in [5, 5.41) is 10.0. The molecule has 1 aromatic carbocycles. The molecule has 0 amide bonds. The zero-order valence-electron chi connectivity index (χ0n) is 14.0. The summed E-state index contributed by atoms with van der Waals surface area (Å²) in [5.41, 5.74) is 2.25. The molecule has 0 aliphatic heterocycles. The van der Waals surface area contributed by atoms with Gasteiger partial charge in [-0.1, -0.05) is 18.2 Å². The molecule has 0 unspecified atom stereocenters. The molecule has 0 bridgehead atoms. The van der Waals surface area contributed by atoms with Crippen LogP contribution in [0.15, 0.2) is 40.7 Å². The minimum absolute atomic E-state index is 0.770. The van der Waals surface area contributed by atoms with Crippen molar-refractivity contribution in [2.75, 3.05) is 32.5 Å². The summed E-state index contributed by atoms with van der Waals surface area (Å²) in [4.78, 5) is 10.9. The van der Waals surface area contributed by atoms with Crippen molar-refractivity contribution < 1.29 is 0 Å². The second kappa shape index (κ2) is 9.15. The Balaban J connectivity index is 1.68. The summed E-state index contributed by atoms with van der Waals surface area (Å²) in [5.74, 6) is 0.898. The number of hydrogen-bond donors (Lipinski definition) is 2. The summed E-state index contributed by atoms with van der Waals surface area (Å²) in [7, 11) is 3.85. The normalized spacial score (nSPS) is 11.3. The first-order valence-corrected chi connectivity index (χ1v) is 8.68. The lowest BCUT2D eigenvalue weighted by Gasteiger charge is -2.21. The van der Waals surface area contributed by atoms with Gasteiger partial charge in [0.2, 0.25) is 0 Å². The van der Waals surface area contributed by atoms with Crippen LogP contribution in [0.4, 0.5) is 5.69 Å². The van der Waals surface area contributed by atoms with Crippen LogP contribution in [0.2, 0.25) is 0 Å². The van der Waals surface area contributed by atoms with E-state index in [2.05, 4.69) is 43.0 Å². The second-order valence-corrected chi connectivity index (χ2v) is 6.40. The first-order valence-electron chi connectivity index (χ1n) is 7.80. The number of guanidine groups is 1. The van der Waals surface area contributed by atoms with Gasteiger partial charge in [-0.2, -0.15) is 0 Å². The van der Waals surface area contributed by atoms with Crippen molar-refractivity contribution in [2.45, 2.75) is 19.9 Å². The molecular weight excluding hydrogens is 306 g/mol. The number of benzene rings is 1. The van der Waals surface area contributed by atoms with E-state index in [1.807, 2.05) is 39.2 Å². The monoisotopic (exact) mass is 331 g/mol. The van der Waals surface area contributed by atoms with E-state index in [0.29, 0.717) is 0 Å². The van der Waals surface area contributed by atoms with Crippen molar-refractivity contribution in [3.8, 4) is 0 Å². The van der Waals surface area contributed by atoms with Gasteiger partial charge in [0, 0.05) is 38.3 Å². The van der Waals surface area contributed by atoms with Crippen LogP contribution < -0.4 is 10.6 Å². The molecule has 2 N–H and O–H groups in total. The minimum atomic E-state index is 0.770. The average Bonchev–Trinajstić information content (AvgIpc) is 2.96. The molecule has 6 heteroatoms. The molecule has 0 atom stereocenters. The van der Waals surface area contributed by atoms with E-state index in [9.17, 15) is 0 Å². The van der Waals surface area contributed by atoms with Crippen molar-refractivity contribution in [1.82, 2.24) is 15.2 Å². The molecule has 1 aromatic heterocycles. The first kappa shape index (κ1) is 17.3. The van der Waals surface area contributed by atoms with Crippen molar-refractivity contribution in [1.29, 1.82) is 0 Å². The largest absolute Gasteiger partial charge is 0.385 e. The molecule has 0 radical (unpaired) electrons. The predicted octanol–water partition coefficient (Wildman–Crippen LogP) is 2.96. The van der Waals surface area contributed by atoms with Crippen LogP contribution in [0.25, 0.3) is 0 Å². The van der Waals surface area contributed by atoms with E-state index in [-0.39, 0.29) is 0 Å². The van der Waals surface area contributed by atoms with Gasteiger partial charge in [-0.05, 0) is 25.5 Å². The smallest absolute Gasteiger partial charge is 0.193 e. The maximum absolute atomic E-state index is 4.49. The van der Waals surface area contributed by atoms with Crippen molar-refractivity contribution in [2.24, 2.45) is 4.99 Å². The number of thiazole rings is 1. The molecule has 0 spiro atoms. The van der Waals surface area contributed by atoms with E-state index in [0.717, 1.165) is 48.4 Å². The standard InChI is InChI=1S/C17H25N5S/c1-14-21-16(13-23-14)12-22(3)17(18-2)20-11-7-10-19-15-8-5-4-6-9-15/h4-6,8-9,13,19H,7,10-12H2,1-3H3,(H,18,20). The summed E-state index contributed by atoms with van der Waals surface area (Å²) in [6, 6.07) is 10.3. The Hall–Kier alpha value is -2.08. The first-order chi connectivity index (χ1) is 11.2. The van der Waals surface area contributed by atoms with Gasteiger partial charge >= 0.3 is 0 Å². The number of aliphatic imine (C=N–C) groups is 1. The summed E-state index contributed by atoms with van der Waals surface area (Å²) < 4.78 is 0. The van der Waals surface area contributed by atoms with Gasteiger partial charge in [-0.15, -0.1) is 11.3 Å². The van der Waals surface area contributed by atoms with Crippen LogP contribution in [0.3, 0.4) is 0 Å². The van der Waals surface area contributed by atoms with Gasteiger partial charge in [-0.3, -0.25) is 4.99 Å². The van der Waals surface area contributed by atoms with Gasteiger partial charge in [-0.25, -0.2) is 4.98 Å². The fourth-order valence-electron chi connectivity index (χ4n) is 2.26. The van der Waals surface area contributed by atoms with Crippen LogP contribution in [0.1, 0.15) is 17.1 Å². The third-order valence-corrected chi connectivity index (χ3v) is 4.20. The lowest BCUT2D eigenvalue weighted by atomic mass is 10.3. The van der Waals surface area contributed by atoms with Gasteiger partial charge in [0.1, 0.15) is 0 Å². The number of rotatable bonds is 7. The van der Waals surface area contributed by atoms with E-state index in [1.165, 1.54) is 0 Å². The highest BCUT2D eigenvalue weighted by Gasteiger charge is 2.08. The molecule has 0 aliphatic rings. The molecule has 2 rings (SSSR count). The molecule has 2 aromatic rings. The van der Waals surface area contributed by atoms with E-state index < -0.39 is 0 Å². The maximum Gasteiger partial charge on any atom is 0.193 e. The molecule has 23 heavy (non-hydrogen) atoms. The summed E-state index contributed by atoms with van der Waals surface area (Å²) >= 11 is 1.68. The minimum Gasteiger partial charge on any atom is -0.385 e. The van der Waals surface area contributed by atoms with Gasteiger partial charge in [0.15, 0.2) is 5.96 Å². The molecule has 5 nitrogen and oxygen atoms in total. The predicted molar refractivity (Wildman–Crippen MR) is 99.2 cm³/mol. The SMILES string of the molecule is CN=C(NCCCNc1ccccc1)N(C)Cc1csc(C)n1. The lowest BCUT2D eigenvalue weighted by molar-refractivity contribution is 0.470. The molecule has 0 fully saturated rings. The Kier molecular flexibility index (Phi) is 6.87. The van der Waals surface area contributed by atoms with Gasteiger partial charge in [0.25, 0.3) is 0 Å². The number of aromatic nitrogens is 1. The fraction of sp³-hybridized carbons (Fsp3) is 0.412. The highest BCUT2D eigenvalue weighted by atomic mass is 32.1. The topological polar surface area (TPSA) is 52.6 Å². The Labute approximate surface area is 142 Å². The molecule has 0 saturated heterocycles. The highest BCUT2D eigenvalue weighted by molar-refractivity contribution is 7.09. The van der Waals surface area contributed by atoms with E-state index in [1.54, 1.807) is 11.3 Å².